The number of rotatable bonds is 7. The molecule has 0 radical (unpaired) electrons. The molecular formula is C9H19O3PSi. The van der Waals surface area contributed by atoms with Crippen molar-refractivity contribution in [3.8, 4) is 0 Å². The van der Waals surface area contributed by atoms with Crippen molar-refractivity contribution in [3.05, 3.63) is 38.0 Å². The molecule has 0 aliphatic carbocycles. The molecule has 3 nitrogen and oxygen atoms in total. The van der Waals surface area contributed by atoms with E-state index in [4.69, 9.17) is 0 Å². The second-order valence-corrected chi connectivity index (χ2v) is 13.6. The molecule has 0 saturated heterocycles. The summed E-state index contributed by atoms with van der Waals surface area (Å²) in [5, 5.41) is 0. The van der Waals surface area contributed by atoms with E-state index < -0.39 is 15.2 Å². The third kappa shape index (κ3) is 3.15. The maximum absolute atomic E-state index is 9.49. The van der Waals surface area contributed by atoms with Gasteiger partial charge in [-0.2, -0.15) is 0 Å². The SMILES string of the molecule is C=CC[Si](CC=C)(CC=C)[PH](O)(O)O. The van der Waals surface area contributed by atoms with Crippen LogP contribution >= 0.6 is 7.49 Å². The fourth-order valence-electron chi connectivity index (χ4n) is 1.49. The van der Waals surface area contributed by atoms with Gasteiger partial charge in [-0.1, -0.05) is 0 Å². The molecule has 0 aliphatic rings. The molecular weight excluding hydrogens is 215 g/mol. The van der Waals surface area contributed by atoms with Gasteiger partial charge in [-0.3, -0.25) is 0 Å². The summed E-state index contributed by atoms with van der Waals surface area (Å²) in [4.78, 5) is 28.5. The van der Waals surface area contributed by atoms with Crippen LogP contribution in [-0.4, -0.2) is 22.4 Å². The van der Waals surface area contributed by atoms with Gasteiger partial charge in [0.15, 0.2) is 0 Å². The number of allylic oxidation sites excluding steroid dienone is 3. The van der Waals surface area contributed by atoms with Crippen LogP contribution in [0, 0.1) is 0 Å². The topological polar surface area (TPSA) is 60.7 Å². The van der Waals surface area contributed by atoms with Crippen molar-refractivity contribution in [2.75, 3.05) is 0 Å². The predicted octanol–water partition coefficient (Wildman–Crippen LogP) is 1.96. The Balaban J connectivity index is 5.00. The van der Waals surface area contributed by atoms with Crippen molar-refractivity contribution in [1.82, 2.24) is 0 Å². The molecule has 3 N–H and O–H groups in total. The fraction of sp³-hybridized carbons (Fsp3) is 0.333. The monoisotopic (exact) mass is 234 g/mol. The Morgan fingerprint density at radius 1 is 0.857 bits per heavy atom. The molecule has 0 aromatic rings. The average molecular weight is 234 g/mol. The molecule has 5 heteroatoms. The molecule has 0 amide bonds. The van der Waals surface area contributed by atoms with Crippen LogP contribution < -0.4 is 0 Å². The molecule has 0 bridgehead atoms. The van der Waals surface area contributed by atoms with Gasteiger partial charge in [-0.05, 0) is 0 Å². The standard InChI is InChI=1S/C9H19O3PSi/c1-4-7-14(8-5-2,9-6-3)13(10,11)12/h4-6,10-13H,1-3,7-9H2. The van der Waals surface area contributed by atoms with Gasteiger partial charge in [0.05, 0.1) is 0 Å². The van der Waals surface area contributed by atoms with E-state index in [9.17, 15) is 14.7 Å². The third-order valence-corrected chi connectivity index (χ3v) is 13.1. The first kappa shape index (κ1) is 13.7. The van der Waals surface area contributed by atoms with Crippen LogP contribution in [-0.2, 0) is 0 Å². The summed E-state index contributed by atoms with van der Waals surface area (Å²) in [6.45, 7) is 10.7. The predicted molar refractivity (Wildman–Crippen MR) is 65.7 cm³/mol. The third-order valence-electron chi connectivity index (χ3n) is 2.32. The van der Waals surface area contributed by atoms with Gasteiger partial charge in [0, 0.05) is 0 Å². The molecule has 0 aromatic heterocycles. The first-order chi connectivity index (χ1) is 6.43. The van der Waals surface area contributed by atoms with Crippen molar-refractivity contribution >= 4 is 15.2 Å². The van der Waals surface area contributed by atoms with Crippen molar-refractivity contribution < 1.29 is 14.7 Å². The van der Waals surface area contributed by atoms with Crippen LogP contribution in [0.4, 0.5) is 0 Å². The van der Waals surface area contributed by atoms with E-state index >= 15 is 0 Å². The minimum absolute atomic E-state index is 0.473. The second-order valence-electron chi connectivity index (χ2n) is 3.39. The Labute approximate surface area is 86.5 Å². The fourth-order valence-corrected chi connectivity index (χ4v) is 8.23. The van der Waals surface area contributed by atoms with Gasteiger partial charge in [0.2, 0.25) is 0 Å². The van der Waals surface area contributed by atoms with E-state index in [1.54, 1.807) is 18.2 Å². The normalized spacial score (nSPS) is 13.4. The van der Waals surface area contributed by atoms with Crippen molar-refractivity contribution in [1.29, 1.82) is 0 Å². The molecule has 0 heterocycles. The van der Waals surface area contributed by atoms with E-state index in [-0.39, 0.29) is 0 Å². The maximum atomic E-state index is 9.49. The summed E-state index contributed by atoms with van der Waals surface area (Å²) in [6.07, 6.45) is 4.89. The van der Waals surface area contributed by atoms with Crippen LogP contribution in [0.25, 0.3) is 0 Å². The molecule has 0 atom stereocenters. The van der Waals surface area contributed by atoms with E-state index in [2.05, 4.69) is 19.7 Å². The molecule has 0 spiro atoms. The van der Waals surface area contributed by atoms with Crippen molar-refractivity contribution in [2.45, 2.75) is 18.1 Å². The van der Waals surface area contributed by atoms with Gasteiger partial charge >= 0.3 is 86.0 Å². The summed E-state index contributed by atoms with van der Waals surface area (Å²) in [6, 6.07) is 1.42. The second kappa shape index (κ2) is 5.58. The summed E-state index contributed by atoms with van der Waals surface area (Å²) < 4.78 is 0. The van der Waals surface area contributed by atoms with Crippen LogP contribution in [0.3, 0.4) is 0 Å². The van der Waals surface area contributed by atoms with Crippen molar-refractivity contribution in [3.63, 3.8) is 0 Å². The van der Waals surface area contributed by atoms with Crippen LogP contribution in [0.15, 0.2) is 38.0 Å². The summed E-state index contributed by atoms with van der Waals surface area (Å²) in [5.74, 6) is 0. The number of hydrogen-bond donors (Lipinski definition) is 3. The van der Waals surface area contributed by atoms with Gasteiger partial charge in [-0.25, -0.2) is 0 Å². The molecule has 82 valence electrons. The van der Waals surface area contributed by atoms with Gasteiger partial charge in [0.25, 0.3) is 0 Å². The zero-order valence-electron chi connectivity index (χ0n) is 8.32. The Hall–Kier alpha value is -0.253. The van der Waals surface area contributed by atoms with Crippen LogP contribution in [0.2, 0.25) is 18.1 Å². The van der Waals surface area contributed by atoms with Crippen LogP contribution in [0.5, 0.6) is 0 Å². The van der Waals surface area contributed by atoms with Crippen molar-refractivity contribution in [2.24, 2.45) is 0 Å². The van der Waals surface area contributed by atoms with Gasteiger partial charge in [0.1, 0.15) is 0 Å². The molecule has 0 fully saturated rings. The Morgan fingerprint density at radius 2 is 1.14 bits per heavy atom. The van der Waals surface area contributed by atoms with Gasteiger partial charge < -0.3 is 0 Å². The molecule has 0 rings (SSSR count). The van der Waals surface area contributed by atoms with E-state index in [1.807, 2.05) is 0 Å². The van der Waals surface area contributed by atoms with Crippen LogP contribution in [0.1, 0.15) is 0 Å². The summed E-state index contributed by atoms with van der Waals surface area (Å²) in [7, 11) is -6.62. The number of hydrogen-bond acceptors (Lipinski definition) is 3. The first-order valence-corrected chi connectivity index (χ1v) is 9.89. The van der Waals surface area contributed by atoms with Gasteiger partial charge in [-0.15, -0.1) is 0 Å². The summed E-state index contributed by atoms with van der Waals surface area (Å²) in [5.41, 5.74) is 0. The Bertz CT molecular complexity index is 196. The molecule has 0 unspecified atom stereocenters. The van der Waals surface area contributed by atoms with E-state index in [1.165, 1.54) is 0 Å². The quantitative estimate of drug-likeness (QED) is 0.358. The Kier molecular flexibility index (Phi) is 5.48. The first-order valence-electron chi connectivity index (χ1n) is 4.43. The molecule has 0 aromatic carbocycles. The molecule has 14 heavy (non-hydrogen) atoms. The molecule has 0 saturated carbocycles. The zero-order chi connectivity index (χ0) is 11.2. The summed E-state index contributed by atoms with van der Waals surface area (Å²) >= 11 is 0. The minimum atomic E-state index is -4.07. The zero-order valence-corrected chi connectivity index (χ0v) is 10.3. The van der Waals surface area contributed by atoms with E-state index in [0.29, 0.717) is 18.1 Å². The molecule has 0 aliphatic heterocycles. The average Bonchev–Trinajstić information content (AvgIpc) is 2.03. The Morgan fingerprint density at radius 3 is 1.29 bits per heavy atom. The van der Waals surface area contributed by atoms with E-state index in [0.717, 1.165) is 0 Å².